The topological polar surface area (TPSA) is 58.5 Å². The summed E-state index contributed by atoms with van der Waals surface area (Å²) in [6, 6.07) is 0. The quantitative estimate of drug-likeness (QED) is 0.559. The van der Waals surface area contributed by atoms with E-state index in [1.54, 1.807) is 13.0 Å². The molecule has 0 aromatic carbocycles. The van der Waals surface area contributed by atoms with Crippen LogP contribution in [-0.4, -0.2) is 12.5 Å². The Labute approximate surface area is 81.6 Å². The van der Waals surface area contributed by atoms with Crippen molar-refractivity contribution in [3.63, 3.8) is 0 Å². The van der Waals surface area contributed by atoms with Gasteiger partial charge >= 0.3 is 0 Å². The van der Waals surface area contributed by atoms with Gasteiger partial charge in [0.1, 0.15) is 6.54 Å². The molecule has 13 heavy (non-hydrogen) atoms. The normalized spacial score (nSPS) is 12.5. The molecule has 0 saturated heterocycles. The lowest BCUT2D eigenvalue weighted by atomic mass is 10.3. The minimum Gasteiger partial charge on any atom is -0.327 e. The van der Waals surface area contributed by atoms with Gasteiger partial charge in [-0.2, -0.15) is 4.91 Å². The van der Waals surface area contributed by atoms with Crippen molar-refractivity contribution in [3.05, 3.63) is 27.8 Å². The average molecular weight is 203 g/mol. The molecular weight excluding hydrogens is 192 g/mol. The van der Waals surface area contributed by atoms with Crippen molar-refractivity contribution >= 4 is 17.5 Å². The van der Waals surface area contributed by atoms with Crippen molar-refractivity contribution < 1.29 is 4.79 Å². The molecule has 0 aliphatic heterocycles. The predicted molar refractivity (Wildman–Crippen MR) is 52.2 cm³/mol. The van der Waals surface area contributed by atoms with Gasteiger partial charge in [-0.25, -0.2) is 0 Å². The summed E-state index contributed by atoms with van der Waals surface area (Å²) in [7, 11) is 0. The molecule has 0 aromatic rings. The number of nitrogens with zero attached hydrogens (tertiary/aromatic N) is 1. The Morgan fingerprint density at radius 1 is 1.62 bits per heavy atom. The first-order chi connectivity index (χ1) is 6.10. The first kappa shape index (κ1) is 11.8. The van der Waals surface area contributed by atoms with Crippen LogP contribution in [0.1, 0.15) is 13.8 Å². The van der Waals surface area contributed by atoms with Crippen LogP contribution in [0, 0.1) is 4.91 Å². The van der Waals surface area contributed by atoms with E-state index < -0.39 is 0 Å². The Kier molecular flexibility index (Phi) is 5.80. The lowest BCUT2D eigenvalue weighted by Gasteiger charge is -2.01. The van der Waals surface area contributed by atoms with Crippen LogP contribution in [0.15, 0.2) is 28.1 Å². The van der Waals surface area contributed by atoms with Gasteiger partial charge in [0, 0.05) is 17.7 Å². The average Bonchev–Trinajstić information content (AvgIpc) is 2.02. The zero-order chi connectivity index (χ0) is 10.3. The van der Waals surface area contributed by atoms with E-state index in [1.807, 2.05) is 0 Å². The number of nitrogens with one attached hydrogen (secondary N) is 1. The number of halogens is 1. The van der Waals surface area contributed by atoms with Crippen LogP contribution in [-0.2, 0) is 4.79 Å². The zero-order valence-corrected chi connectivity index (χ0v) is 8.26. The molecule has 0 radical (unpaired) electrons. The van der Waals surface area contributed by atoms with E-state index in [9.17, 15) is 9.70 Å². The summed E-state index contributed by atoms with van der Waals surface area (Å²) in [4.78, 5) is 20.5. The maximum atomic E-state index is 10.6. The van der Waals surface area contributed by atoms with E-state index in [2.05, 4.69) is 10.5 Å². The summed E-state index contributed by atoms with van der Waals surface area (Å²) in [5.74, 6) is -0.187. The minimum atomic E-state index is -0.187. The van der Waals surface area contributed by atoms with Gasteiger partial charge < -0.3 is 5.32 Å². The molecule has 0 atom stereocenters. The highest BCUT2D eigenvalue weighted by atomic mass is 35.5. The fourth-order valence-corrected chi connectivity index (χ4v) is 0.837. The summed E-state index contributed by atoms with van der Waals surface area (Å²) in [5.41, 5.74) is 0.557. The van der Waals surface area contributed by atoms with Crippen LogP contribution in [0.5, 0.6) is 0 Å². The zero-order valence-electron chi connectivity index (χ0n) is 7.50. The number of rotatable bonds is 4. The van der Waals surface area contributed by atoms with Crippen LogP contribution in [0.2, 0.25) is 0 Å². The second-order valence-electron chi connectivity index (χ2n) is 2.30. The van der Waals surface area contributed by atoms with Crippen molar-refractivity contribution in [1.82, 2.24) is 5.32 Å². The Morgan fingerprint density at radius 2 is 2.23 bits per heavy atom. The van der Waals surface area contributed by atoms with Crippen molar-refractivity contribution in [2.45, 2.75) is 13.8 Å². The first-order valence-corrected chi connectivity index (χ1v) is 4.07. The van der Waals surface area contributed by atoms with Crippen molar-refractivity contribution in [3.8, 4) is 0 Å². The van der Waals surface area contributed by atoms with Crippen LogP contribution in [0.25, 0.3) is 0 Å². The number of carbonyl (C=O) groups is 1. The van der Waals surface area contributed by atoms with Crippen LogP contribution >= 0.6 is 11.6 Å². The number of allylic oxidation sites excluding steroid dienone is 2. The first-order valence-electron chi connectivity index (χ1n) is 3.69. The third-order valence-corrected chi connectivity index (χ3v) is 1.39. The van der Waals surface area contributed by atoms with E-state index in [0.717, 1.165) is 0 Å². The Morgan fingerprint density at radius 3 is 2.62 bits per heavy atom. The van der Waals surface area contributed by atoms with Gasteiger partial charge in [-0.3, -0.25) is 4.79 Å². The van der Waals surface area contributed by atoms with E-state index in [-0.39, 0.29) is 17.5 Å². The van der Waals surface area contributed by atoms with Crippen LogP contribution in [0.3, 0.4) is 0 Å². The molecule has 0 bridgehead atoms. The largest absolute Gasteiger partial charge is 0.327 e. The summed E-state index contributed by atoms with van der Waals surface area (Å²) in [6.45, 7) is 3.06. The number of amides is 1. The van der Waals surface area contributed by atoms with Gasteiger partial charge in [-0.05, 0) is 13.0 Å². The molecule has 1 amide bonds. The number of hydrogen-bond donors (Lipinski definition) is 1. The lowest BCUT2D eigenvalue weighted by molar-refractivity contribution is -0.118. The lowest BCUT2D eigenvalue weighted by Crippen LogP contribution is -2.17. The van der Waals surface area contributed by atoms with Gasteiger partial charge in [0.25, 0.3) is 0 Å². The molecule has 5 heteroatoms. The molecule has 0 aliphatic carbocycles. The third-order valence-electron chi connectivity index (χ3n) is 1.16. The second-order valence-corrected chi connectivity index (χ2v) is 2.79. The van der Waals surface area contributed by atoms with Gasteiger partial charge in [-0.15, -0.1) is 0 Å². The third kappa shape index (κ3) is 6.04. The Hall–Kier alpha value is -1.16. The van der Waals surface area contributed by atoms with Gasteiger partial charge in [-0.1, -0.05) is 22.9 Å². The summed E-state index contributed by atoms with van der Waals surface area (Å²) >= 11 is 5.61. The highest BCUT2D eigenvalue weighted by Crippen LogP contribution is 2.05. The summed E-state index contributed by atoms with van der Waals surface area (Å²) in [6.07, 6.45) is 3.17. The number of nitroso groups, excluding NO2 is 1. The second kappa shape index (κ2) is 6.37. The maximum absolute atomic E-state index is 10.6. The smallest absolute Gasteiger partial charge is 0.221 e. The van der Waals surface area contributed by atoms with Crippen LogP contribution in [0.4, 0.5) is 0 Å². The molecule has 0 rings (SSSR count). The van der Waals surface area contributed by atoms with Crippen molar-refractivity contribution in [2.75, 3.05) is 6.54 Å². The fraction of sp³-hybridized carbons (Fsp3) is 0.375. The minimum absolute atomic E-state index is 0.0848. The molecule has 4 nitrogen and oxygen atoms in total. The molecule has 0 heterocycles. The fourth-order valence-electron chi connectivity index (χ4n) is 0.671. The van der Waals surface area contributed by atoms with Crippen molar-refractivity contribution in [1.29, 1.82) is 0 Å². The van der Waals surface area contributed by atoms with Gasteiger partial charge in [0.15, 0.2) is 0 Å². The molecule has 72 valence electrons. The van der Waals surface area contributed by atoms with E-state index in [1.165, 1.54) is 13.0 Å². The summed E-state index contributed by atoms with van der Waals surface area (Å²) < 4.78 is 0. The van der Waals surface area contributed by atoms with Gasteiger partial charge in [0.05, 0.1) is 0 Å². The molecule has 0 aliphatic rings. The molecule has 0 spiro atoms. The summed E-state index contributed by atoms with van der Waals surface area (Å²) in [5, 5.41) is 5.44. The highest BCUT2D eigenvalue weighted by Gasteiger charge is 1.97. The monoisotopic (exact) mass is 202 g/mol. The van der Waals surface area contributed by atoms with Crippen molar-refractivity contribution in [2.24, 2.45) is 5.18 Å². The molecule has 1 N–H and O–H groups in total. The molecular formula is C8H11ClN2O2. The maximum Gasteiger partial charge on any atom is 0.221 e. The van der Waals surface area contributed by atoms with E-state index in [4.69, 9.17) is 11.6 Å². The van der Waals surface area contributed by atoms with E-state index >= 15 is 0 Å². The van der Waals surface area contributed by atoms with Gasteiger partial charge in [0.2, 0.25) is 5.91 Å². The van der Waals surface area contributed by atoms with E-state index in [0.29, 0.717) is 5.70 Å². The SMILES string of the molecule is C/C=C(\C=C(\Cl)CN=O)NC(C)=O. The standard InChI is InChI=1S/C8H11ClN2O2/c1-3-8(11-6(2)12)4-7(9)5-10-13/h3-4H,5H2,1-2H3,(H,11,12)/b7-4+,8-3+. The molecule has 0 aromatic heterocycles. The molecule has 0 saturated carbocycles. The predicted octanol–water partition coefficient (Wildman–Crippen LogP) is 1.92. The highest BCUT2D eigenvalue weighted by molar-refractivity contribution is 6.30. The molecule has 0 fully saturated rings. The van der Waals surface area contributed by atoms with Crippen LogP contribution < -0.4 is 5.32 Å². The number of carbonyl (C=O) groups excluding carboxylic acids is 1. The molecule has 0 unspecified atom stereocenters. The Balaban J connectivity index is 4.35. The Bertz CT molecular complexity index is 259. The number of hydrogen-bond acceptors (Lipinski definition) is 3.